The number of amides is 2. The van der Waals surface area contributed by atoms with Crippen LogP contribution in [0.15, 0.2) is 47.4 Å². The van der Waals surface area contributed by atoms with E-state index in [1.165, 1.54) is 12.1 Å². The van der Waals surface area contributed by atoms with Crippen LogP contribution in [0, 0.1) is 19.8 Å². The van der Waals surface area contributed by atoms with Crippen molar-refractivity contribution in [2.75, 3.05) is 18.0 Å². The molecule has 2 aromatic rings. The predicted molar refractivity (Wildman–Crippen MR) is 111 cm³/mol. The Morgan fingerprint density at radius 2 is 1.86 bits per heavy atom. The summed E-state index contributed by atoms with van der Waals surface area (Å²) in [4.78, 5) is 26.7. The van der Waals surface area contributed by atoms with E-state index >= 15 is 0 Å². The second-order valence-corrected chi connectivity index (χ2v) is 8.92. The molecule has 0 spiro atoms. The number of nitrogens with one attached hydrogen (secondary N) is 1. The minimum Gasteiger partial charge on any atom is -0.355 e. The number of hydrogen-bond acceptors (Lipinski definition) is 4. The van der Waals surface area contributed by atoms with Crippen molar-refractivity contribution in [1.29, 1.82) is 0 Å². The number of nitrogens with two attached hydrogens (primary N) is 1. The highest BCUT2D eigenvalue weighted by Gasteiger charge is 2.35. The van der Waals surface area contributed by atoms with E-state index in [0.717, 1.165) is 22.4 Å². The van der Waals surface area contributed by atoms with E-state index in [4.69, 9.17) is 5.14 Å². The molecule has 1 aliphatic heterocycles. The lowest BCUT2D eigenvalue weighted by Gasteiger charge is -2.20. The van der Waals surface area contributed by atoms with Crippen molar-refractivity contribution >= 4 is 27.5 Å². The van der Waals surface area contributed by atoms with Crippen LogP contribution in [-0.2, 0) is 26.0 Å². The van der Waals surface area contributed by atoms with Crippen LogP contribution in [-0.4, -0.2) is 33.3 Å². The van der Waals surface area contributed by atoms with Crippen molar-refractivity contribution < 1.29 is 18.0 Å². The fourth-order valence-electron chi connectivity index (χ4n) is 3.46. The molecule has 1 heterocycles. The van der Waals surface area contributed by atoms with Crippen molar-refractivity contribution in [3.8, 4) is 0 Å². The summed E-state index contributed by atoms with van der Waals surface area (Å²) < 4.78 is 22.6. The maximum absolute atomic E-state index is 12.5. The van der Waals surface area contributed by atoms with Crippen LogP contribution in [0.3, 0.4) is 0 Å². The lowest BCUT2D eigenvalue weighted by Crippen LogP contribution is -2.34. The largest absolute Gasteiger partial charge is 0.355 e. The number of aryl methyl sites for hydroxylation is 1. The molecule has 3 N–H and O–H groups in total. The lowest BCUT2D eigenvalue weighted by atomic mass is 10.1. The number of hydrogen-bond donors (Lipinski definition) is 2. The molecule has 29 heavy (non-hydrogen) atoms. The predicted octanol–water partition coefficient (Wildman–Crippen LogP) is 1.66. The molecule has 0 aromatic heterocycles. The van der Waals surface area contributed by atoms with Crippen LogP contribution in [0.4, 0.5) is 5.69 Å². The Morgan fingerprint density at radius 3 is 2.52 bits per heavy atom. The molecule has 2 aromatic carbocycles. The normalized spacial score (nSPS) is 16.9. The zero-order valence-electron chi connectivity index (χ0n) is 16.5. The number of nitrogens with zero attached hydrogens (tertiary/aromatic N) is 1. The first-order valence-electron chi connectivity index (χ1n) is 9.43. The van der Waals surface area contributed by atoms with Crippen LogP contribution in [0.25, 0.3) is 0 Å². The van der Waals surface area contributed by atoms with E-state index in [0.29, 0.717) is 19.5 Å². The first-order chi connectivity index (χ1) is 13.7. The van der Waals surface area contributed by atoms with Gasteiger partial charge in [0, 0.05) is 25.2 Å². The third kappa shape index (κ3) is 4.83. The summed E-state index contributed by atoms with van der Waals surface area (Å²) in [5, 5.41) is 7.96. The zero-order chi connectivity index (χ0) is 21.2. The molecule has 0 bridgehead atoms. The van der Waals surface area contributed by atoms with Gasteiger partial charge in [0.2, 0.25) is 21.8 Å². The molecule has 1 atom stereocenters. The Balaban J connectivity index is 1.55. The van der Waals surface area contributed by atoms with Gasteiger partial charge in [-0.1, -0.05) is 24.3 Å². The molecular formula is C21H25N3O4S. The summed E-state index contributed by atoms with van der Waals surface area (Å²) in [6.07, 6.45) is 0.750. The van der Waals surface area contributed by atoms with Gasteiger partial charge in [-0.05, 0) is 55.2 Å². The third-order valence-corrected chi connectivity index (χ3v) is 6.26. The summed E-state index contributed by atoms with van der Waals surface area (Å²) in [5.74, 6) is -0.572. The van der Waals surface area contributed by atoms with Gasteiger partial charge in [-0.3, -0.25) is 9.59 Å². The fourth-order valence-corrected chi connectivity index (χ4v) is 3.98. The molecule has 1 saturated heterocycles. The van der Waals surface area contributed by atoms with E-state index in [2.05, 4.69) is 5.32 Å². The van der Waals surface area contributed by atoms with E-state index in [9.17, 15) is 18.0 Å². The van der Waals surface area contributed by atoms with Gasteiger partial charge in [-0.25, -0.2) is 13.6 Å². The number of rotatable bonds is 6. The molecule has 8 heteroatoms. The summed E-state index contributed by atoms with van der Waals surface area (Å²) in [7, 11) is -3.71. The van der Waals surface area contributed by atoms with Gasteiger partial charge in [0.1, 0.15) is 0 Å². The molecule has 2 amide bonds. The van der Waals surface area contributed by atoms with Crippen molar-refractivity contribution in [2.24, 2.45) is 11.1 Å². The highest BCUT2D eigenvalue weighted by molar-refractivity contribution is 7.89. The van der Waals surface area contributed by atoms with Gasteiger partial charge in [-0.2, -0.15) is 0 Å². The maximum atomic E-state index is 12.5. The van der Waals surface area contributed by atoms with Crippen LogP contribution in [0.5, 0.6) is 0 Å². The third-order valence-electron chi connectivity index (χ3n) is 5.33. The first-order valence-corrected chi connectivity index (χ1v) is 11.0. The van der Waals surface area contributed by atoms with Crippen LogP contribution in [0.1, 0.15) is 23.1 Å². The number of carbonyl (C=O) groups is 2. The molecule has 0 saturated carbocycles. The molecule has 154 valence electrons. The summed E-state index contributed by atoms with van der Waals surface area (Å²) in [6.45, 7) is 4.76. The Kier molecular flexibility index (Phi) is 6.04. The highest BCUT2D eigenvalue weighted by atomic mass is 32.2. The molecule has 0 radical (unpaired) electrons. The minimum atomic E-state index is -3.71. The molecule has 1 aliphatic rings. The molecule has 7 nitrogen and oxygen atoms in total. The molecule has 3 rings (SSSR count). The first kappa shape index (κ1) is 21.0. The average molecular weight is 416 g/mol. The van der Waals surface area contributed by atoms with E-state index in [1.54, 1.807) is 17.0 Å². The number of sulfonamides is 1. The van der Waals surface area contributed by atoms with Gasteiger partial charge in [0.05, 0.1) is 10.8 Å². The quantitative estimate of drug-likeness (QED) is 0.748. The average Bonchev–Trinajstić information content (AvgIpc) is 3.05. The Morgan fingerprint density at radius 1 is 1.17 bits per heavy atom. The Hall–Kier alpha value is -2.71. The van der Waals surface area contributed by atoms with E-state index in [1.807, 2.05) is 32.0 Å². The fraction of sp³-hybridized carbons (Fsp3) is 0.333. The summed E-state index contributed by atoms with van der Waals surface area (Å²) in [5.41, 5.74) is 3.90. The van der Waals surface area contributed by atoms with Crippen molar-refractivity contribution in [3.05, 3.63) is 59.2 Å². The SMILES string of the molecule is Cc1cccc(N2C[C@@H](C(=O)NCCc3ccc(S(N)(=O)=O)cc3)CC2=O)c1C. The number of primary sulfonamides is 1. The summed E-state index contributed by atoms with van der Waals surface area (Å²) >= 11 is 0. The van der Waals surface area contributed by atoms with Gasteiger partial charge in [0.25, 0.3) is 0 Å². The van der Waals surface area contributed by atoms with Gasteiger partial charge >= 0.3 is 0 Å². The minimum absolute atomic E-state index is 0.0440. The smallest absolute Gasteiger partial charge is 0.238 e. The number of anilines is 1. The second-order valence-electron chi connectivity index (χ2n) is 7.35. The van der Waals surface area contributed by atoms with Crippen molar-refractivity contribution in [3.63, 3.8) is 0 Å². The molecule has 0 aliphatic carbocycles. The summed E-state index contributed by atoms with van der Waals surface area (Å²) in [6, 6.07) is 12.1. The van der Waals surface area contributed by atoms with Crippen LogP contribution < -0.4 is 15.4 Å². The van der Waals surface area contributed by atoms with E-state index in [-0.39, 0.29) is 29.0 Å². The topological polar surface area (TPSA) is 110 Å². The Labute approximate surface area is 171 Å². The highest BCUT2D eigenvalue weighted by Crippen LogP contribution is 2.29. The molecule has 0 unspecified atom stereocenters. The monoisotopic (exact) mass is 415 g/mol. The zero-order valence-corrected chi connectivity index (χ0v) is 17.3. The van der Waals surface area contributed by atoms with Gasteiger partial charge < -0.3 is 10.2 Å². The van der Waals surface area contributed by atoms with Crippen molar-refractivity contribution in [1.82, 2.24) is 5.32 Å². The molecule has 1 fully saturated rings. The van der Waals surface area contributed by atoms with Gasteiger partial charge in [0.15, 0.2) is 0 Å². The standard InChI is InChI=1S/C21H25N3O4S/c1-14-4-3-5-19(15(14)2)24-13-17(12-20(24)25)21(26)23-11-10-16-6-8-18(9-7-16)29(22,27)28/h3-9,17H,10-13H2,1-2H3,(H,23,26)(H2,22,27,28)/t17-/m0/s1. The Bertz CT molecular complexity index is 1030. The van der Waals surface area contributed by atoms with E-state index < -0.39 is 10.0 Å². The molecular weight excluding hydrogens is 390 g/mol. The maximum Gasteiger partial charge on any atom is 0.238 e. The van der Waals surface area contributed by atoms with Gasteiger partial charge in [-0.15, -0.1) is 0 Å². The number of carbonyl (C=O) groups excluding carboxylic acids is 2. The lowest BCUT2D eigenvalue weighted by molar-refractivity contribution is -0.126. The van der Waals surface area contributed by atoms with Crippen LogP contribution in [0.2, 0.25) is 0 Å². The second kappa shape index (κ2) is 8.34. The number of benzene rings is 2. The van der Waals surface area contributed by atoms with Crippen LogP contribution >= 0.6 is 0 Å². The van der Waals surface area contributed by atoms with Crippen molar-refractivity contribution in [2.45, 2.75) is 31.6 Å².